The molecule has 0 aliphatic carbocycles. The molecule has 0 atom stereocenters. The van der Waals surface area contributed by atoms with E-state index in [2.05, 4.69) is 6.58 Å². The molecule has 0 aliphatic rings. The van der Waals surface area contributed by atoms with E-state index < -0.39 is 10.0 Å². The largest absolute Gasteiger partial charge is 0.349 e. The van der Waals surface area contributed by atoms with E-state index in [0.29, 0.717) is 18.0 Å². The van der Waals surface area contributed by atoms with Gasteiger partial charge in [0.15, 0.2) is 0 Å². The quantitative estimate of drug-likeness (QED) is 0.746. The van der Waals surface area contributed by atoms with Gasteiger partial charge >= 0.3 is 0 Å². The van der Waals surface area contributed by atoms with Crippen LogP contribution in [0.15, 0.2) is 29.8 Å². The van der Waals surface area contributed by atoms with Crippen molar-refractivity contribution in [2.24, 2.45) is 5.73 Å². The van der Waals surface area contributed by atoms with E-state index >= 15 is 0 Å². The Bertz CT molecular complexity index is 547. The summed E-state index contributed by atoms with van der Waals surface area (Å²) in [5.41, 5.74) is 6.53. The molecule has 5 nitrogen and oxygen atoms in total. The lowest BCUT2D eigenvalue weighted by Crippen LogP contribution is -2.36. The molecule has 0 spiro atoms. The summed E-state index contributed by atoms with van der Waals surface area (Å²) in [5, 5.41) is 0. The maximum Gasteiger partial charge on any atom is 0.245 e. The zero-order valence-electron chi connectivity index (χ0n) is 12.5. The normalized spacial score (nSPS) is 12.3. The zero-order valence-corrected chi connectivity index (χ0v) is 13.4. The highest BCUT2D eigenvalue weighted by Crippen LogP contribution is 2.21. The molecule has 0 unspecified atom stereocenters. The molecule has 2 N–H and O–H groups in total. The van der Waals surface area contributed by atoms with Crippen molar-refractivity contribution in [3.05, 3.63) is 30.6 Å². The van der Waals surface area contributed by atoms with Crippen molar-refractivity contribution in [1.82, 2.24) is 8.87 Å². The molecule has 20 heavy (non-hydrogen) atoms. The first-order chi connectivity index (χ1) is 9.38. The molecule has 0 fully saturated rings. The minimum atomic E-state index is -3.51. The molecule has 1 aromatic heterocycles. The van der Waals surface area contributed by atoms with Crippen molar-refractivity contribution in [3.63, 3.8) is 0 Å². The molecule has 0 saturated heterocycles. The monoisotopic (exact) mass is 299 g/mol. The number of hydrogen-bond donors (Lipinski definition) is 1. The van der Waals surface area contributed by atoms with Crippen molar-refractivity contribution >= 4 is 10.0 Å². The first-order valence-corrected chi connectivity index (χ1v) is 8.34. The molecular weight excluding hydrogens is 274 g/mol. The van der Waals surface area contributed by atoms with Crippen molar-refractivity contribution in [1.29, 1.82) is 0 Å². The molecule has 0 saturated carbocycles. The topological polar surface area (TPSA) is 68.3 Å². The van der Waals surface area contributed by atoms with Crippen LogP contribution in [-0.2, 0) is 23.1 Å². The molecule has 114 valence electrons. The highest BCUT2D eigenvalue weighted by atomic mass is 32.2. The van der Waals surface area contributed by atoms with Crippen molar-refractivity contribution in [2.45, 2.75) is 51.2 Å². The minimum absolute atomic E-state index is 0.117. The van der Waals surface area contributed by atoms with Gasteiger partial charge in [-0.1, -0.05) is 13.0 Å². The van der Waals surface area contributed by atoms with Crippen LogP contribution in [0.4, 0.5) is 0 Å². The Hall–Kier alpha value is -1.11. The summed E-state index contributed by atoms with van der Waals surface area (Å²) in [7, 11) is -3.51. The Morgan fingerprint density at radius 2 is 2.15 bits per heavy atom. The fourth-order valence-corrected chi connectivity index (χ4v) is 3.81. The van der Waals surface area contributed by atoms with E-state index in [4.69, 9.17) is 5.73 Å². The SMILES string of the molecule is C=CCN(C(C)C)S(=O)(=O)c1cc(CN)n(CCC)c1. The molecule has 1 heterocycles. The lowest BCUT2D eigenvalue weighted by molar-refractivity contribution is 0.383. The van der Waals surface area contributed by atoms with Crippen molar-refractivity contribution in [3.8, 4) is 0 Å². The summed E-state index contributed by atoms with van der Waals surface area (Å²) >= 11 is 0. The lowest BCUT2D eigenvalue weighted by Gasteiger charge is -2.23. The molecule has 6 heteroatoms. The number of aromatic nitrogens is 1. The first kappa shape index (κ1) is 16.9. The second kappa shape index (κ2) is 7.06. The average molecular weight is 299 g/mol. The Labute approximate surface area is 122 Å². The number of sulfonamides is 1. The zero-order chi connectivity index (χ0) is 15.3. The van der Waals surface area contributed by atoms with Crippen LogP contribution < -0.4 is 5.73 Å². The highest BCUT2D eigenvalue weighted by Gasteiger charge is 2.27. The molecule has 0 aromatic carbocycles. The maximum atomic E-state index is 12.7. The Morgan fingerprint density at radius 1 is 1.50 bits per heavy atom. The van der Waals surface area contributed by atoms with Gasteiger partial charge in [-0.3, -0.25) is 0 Å². The average Bonchev–Trinajstić information content (AvgIpc) is 2.79. The number of rotatable bonds is 8. The molecular formula is C14H25N3O2S. The van der Waals surface area contributed by atoms with Crippen LogP contribution in [0, 0.1) is 0 Å². The predicted molar refractivity (Wildman–Crippen MR) is 81.8 cm³/mol. The summed E-state index contributed by atoms with van der Waals surface area (Å²) in [4.78, 5) is 0.307. The summed E-state index contributed by atoms with van der Waals surface area (Å²) in [6.07, 6.45) is 4.21. The van der Waals surface area contributed by atoms with E-state index in [-0.39, 0.29) is 6.04 Å². The second-order valence-corrected chi connectivity index (χ2v) is 6.91. The van der Waals surface area contributed by atoms with E-state index in [0.717, 1.165) is 18.7 Å². The number of aryl methyl sites for hydroxylation is 1. The van der Waals surface area contributed by atoms with Crippen molar-refractivity contribution < 1.29 is 8.42 Å². The molecule has 1 aromatic rings. The standard InChI is InChI=1S/C14H25N3O2S/c1-5-7-16-11-14(9-13(16)10-15)20(18,19)17(8-6-2)12(3)4/h6,9,11-12H,2,5,7-8,10,15H2,1,3-4H3. The van der Waals surface area contributed by atoms with Gasteiger partial charge < -0.3 is 10.3 Å². The van der Waals surface area contributed by atoms with Crippen LogP contribution in [-0.4, -0.2) is 29.9 Å². The van der Waals surface area contributed by atoms with E-state index in [9.17, 15) is 8.42 Å². The third kappa shape index (κ3) is 3.50. The highest BCUT2D eigenvalue weighted by molar-refractivity contribution is 7.89. The van der Waals surface area contributed by atoms with Crippen LogP contribution >= 0.6 is 0 Å². The minimum Gasteiger partial charge on any atom is -0.349 e. The lowest BCUT2D eigenvalue weighted by atomic mass is 10.4. The van der Waals surface area contributed by atoms with Gasteiger partial charge in [-0.25, -0.2) is 8.42 Å². The van der Waals surface area contributed by atoms with E-state index in [1.54, 1.807) is 18.3 Å². The Morgan fingerprint density at radius 3 is 2.60 bits per heavy atom. The van der Waals surface area contributed by atoms with Gasteiger partial charge in [0.2, 0.25) is 10.0 Å². The van der Waals surface area contributed by atoms with Crippen LogP contribution in [0.3, 0.4) is 0 Å². The number of nitrogens with two attached hydrogens (primary N) is 1. The molecule has 0 amide bonds. The molecule has 0 radical (unpaired) electrons. The molecule has 0 bridgehead atoms. The van der Waals surface area contributed by atoms with Gasteiger partial charge in [0.25, 0.3) is 0 Å². The van der Waals surface area contributed by atoms with Crippen LogP contribution in [0.1, 0.15) is 32.9 Å². The smallest absolute Gasteiger partial charge is 0.245 e. The second-order valence-electron chi connectivity index (χ2n) is 5.02. The van der Waals surface area contributed by atoms with Gasteiger partial charge in [0.05, 0.1) is 0 Å². The van der Waals surface area contributed by atoms with Gasteiger partial charge in [0, 0.05) is 37.6 Å². The number of nitrogens with zero attached hydrogens (tertiary/aromatic N) is 2. The van der Waals surface area contributed by atoms with Crippen LogP contribution in [0.2, 0.25) is 0 Å². The molecule has 1 rings (SSSR count). The summed E-state index contributed by atoms with van der Waals surface area (Å²) in [6, 6.07) is 1.55. The maximum absolute atomic E-state index is 12.7. The van der Waals surface area contributed by atoms with Crippen LogP contribution in [0.25, 0.3) is 0 Å². The van der Waals surface area contributed by atoms with Gasteiger partial charge in [-0.05, 0) is 26.3 Å². The number of hydrogen-bond acceptors (Lipinski definition) is 3. The van der Waals surface area contributed by atoms with Crippen molar-refractivity contribution in [2.75, 3.05) is 6.54 Å². The Balaban J connectivity index is 3.23. The van der Waals surface area contributed by atoms with Crippen LogP contribution in [0.5, 0.6) is 0 Å². The van der Waals surface area contributed by atoms with Gasteiger partial charge in [-0.2, -0.15) is 4.31 Å². The summed E-state index contributed by atoms with van der Waals surface area (Å²) in [6.45, 7) is 10.8. The summed E-state index contributed by atoms with van der Waals surface area (Å²) in [5.74, 6) is 0. The third-order valence-electron chi connectivity index (χ3n) is 3.13. The summed E-state index contributed by atoms with van der Waals surface area (Å²) < 4.78 is 28.7. The van der Waals surface area contributed by atoms with Gasteiger partial charge in [-0.15, -0.1) is 6.58 Å². The fraction of sp³-hybridized carbons (Fsp3) is 0.571. The predicted octanol–water partition coefficient (Wildman–Crippen LogP) is 1.94. The van der Waals surface area contributed by atoms with E-state index in [1.807, 2.05) is 25.3 Å². The Kier molecular flexibility index (Phi) is 5.98. The van der Waals surface area contributed by atoms with E-state index in [1.165, 1.54) is 4.31 Å². The molecule has 0 aliphatic heterocycles. The fourth-order valence-electron chi connectivity index (χ4n) is 2.14. The first-order valence-electron chi connectivity index (χ1n) is 6.90. The van der Waals surface area contributed by atoms with Gasteiger partial charge in [0.1, 0.15) is 4.90 Å². The third-order valence-corrected chi connectivity index (χ3v) is 5.13.